The number of carbonyl (C=O) groups excluding carboxylic acids is 1. The molecule has 1 N–H and O–H groups in total. The number of hydrogen-bond acceptors (Lipinski definition) is 7. The predicted molar refractivity (Wildman–Crippen MR) is 111 cm³/mol. The molecule has 9 heteroatoms. The lowest BCUT2D eigenvalue weighted by Gasteiger charge is -2.36. The molecule has 0 aliphatic carbocycles. The summed E-state index contributed by atoms with van der Waals surface area (Å²) in [6.07, 6.45) is 0.316. The van der Waals surface area contributed by atoms with E-state index in [4.69, 9.17) is 14.2 Å². The summed E-state index contributed by atoms with van der Waals surface area (Å²) < 4.78 is 20.9. The minimum Gasteiger partial charge on any atom is -0.493 e. The van der Waals surface area contributed by atoms with Crippen LogP contribution < -0.4 is 19.5 Å². The third-order valence-corrected chi connectivity index (χ3v) is 4.85. The predicted octanol–water partition coefficient (Wildman–Crippen LogP) is 0.969. The number of methoxy groups -OCH3 is 4. The van der Waals surface area contributed by atoms with Gasteiger partial charge in [-0.1, -0.05) is 0 Å². The molecule has 1 aliphatic heterocycles. The summed E-state index contributed by atoms with van der Waals surface area (Å²) in [6.45, 7) is 4.79. The van der Waals surface area contributed by atoms with E-state index in [2.05, 4.69) is 24.8 Å². The lowest BCUT2D eigenvalue weighted by atomic mass is 10.1. The van der Waals surface area contributed by atoms with E-state index in [1.54, 1.807) is 28.4 Å². The molecule has 0 unspecified atom stereocenters. The van der Waals surface area contributed by atoms with E-state index in [9.17, 15) is 4.79 Å². The maximum atomic E-state index is 11.3. The van der Waals surface area contributed by atoms with Crippen molar-refractivity contribution < 1.29 is 23.7 Å². The number of benzene rings is 1. The Labute approximate surface area is 172 Å². The highest BCUT2D eigenvalue weighted by Gasteiger charge is 2.21. The van der Waals surface area contributed by atoms with Crippen LogP contribution >= 0.6 is 0 Å². The summed E-state index contributed by atoms with van der Waals surface area (Å²) in [5.41, 5.74) is 1.11. The van der Waals surface area contributed by atoms with E-state index >= 15 is 0 Å². The van der Waals surface area contributed by atoms with Crippen LogP contribution in [-0.2, 0) is 16.1 Å². The number of rotatable bonds is 8. The van der Waals surface area contributed by atoms with E-state index in [1.807, 2.05) is 12.1 Å². The van der Waals surface area contributed by atoms with Crippen LogP contribution in [0, 0.1) is 0 Å². The second-order valence-corrected chi connectivity index (χ2v) is 6.60. The topological polar surface area (TPSA) is 84.9 Å². The maximum Gasteiger partial charge on any atom is 0.307 e. The Morgan fingerprint density at radius 1 is 1.03 bits per heavy atom. The first kappa shape index (κ1) is 22.6. The van der Waals surface area contributed by atoms with Crippen LogP contribution in [0.4, 0.5) is 0 Å². The number of piperazine rings is 1. The van der Waals surface area contributed by atoms with Crippen molar-refractivity contribution in [2.24, 2.45) is 4.99 Å². The van der Waals surface area contributed by atoms with Crippen molar-refractivity contribution in [1.82, 2.24) is 15.1 Å². The SMILES string of the molecule is CN=C(NCCC(=O)OC)N1CCN(Cc2cc(OC)c(OC)c(OC)c2)CC1. The van der Waals surface area contributed by atoms with Crippen LogP contribution in [0.15, 0.2) is 17.1 Å². The van der Waals surface area contributed by atoms with Crippen molar-refractivity contribution in [1.29, 1.82) is 0 Å². The smallest absolute Gasteiger partial charge is 0.307 e. The van der Waals surface area contributed by atoms with Gasteiger partial charge in [0.15, 0.2) is 17.5 Å². The molecule has 1 aromatic rings. The van der Waals surface area contributed by atoms with Crippen molar-refractivity contribution in [3.8, 4) is 17.2 Å². The summed E-state index contributed by atoms with van der Waals surface area (Å²) in [5.74, 6) is 2.50. The molecule has 0 atom stereocenters. The second-order valence-electron chi connectivity index (χ2n) is 6.60. The molecular formula is C20H32N4O5. The highest BCUT2D eigenvalue weighted by molar-refractivity contribution is 5.80. The Hall–Kier alpha value is -2.68. The van der Waals surface area contributed by atoms with E-state index in [0.717, 1.165) is 44.2 Å². The molecule has 0 spiro atoms. The third kappa shape index (κ3) is 6.15. The molecule has 1 aromatic carbocycles. The molecule has 1 fully saturated rings. The van der Waals surface area contributed by atoms with Crippen molar-refractivity contribution in [3.63, 3.8) is 0 Å². The molecule has 9 nitrogen and oxygen atoms in total. The molecule has 0 saturated carbocycles. The van der Waals surface area contributed by atoms with Crippen molar-refractivity contribution >= 4 is 11.9 Å². The summed E-state index contributed by atoms with van der Waals surface area (Å²) in [6, 6.07) is 3.97. The Bertz CT molecular complexity index is 677. The molecule has 0 bridgehead atoms. The van der Waals surface area contributed by atoms with Gasteiger partial charge in [-0.15, -0.1) is 0 Å². The monoisotopic (exact) mass is 408 g/mol. The van der Waals surface area contributed by atoms with Gasteiger partial charge in [0.1, 0.15) is 0 Å². The van der Waals surface area contributed by atoms with Crippen LogP contribution in [0.1, 0.15) is 12.0 Å². The number of guanidine groups is 1. The van der Waals surface area contributed by atoms with Gasteiger partial charge in [0.2, 0.25) is 5.75 Å². The Kier molecular flexibility index (Phi) is 8.85. The average molecular weight is 408 g/mol. The number of hydrogen-bond donors (Lipinski definition) is 1. The van der Waals surface area contributed by atoms with Gasteiger partial charge < -0.3 is 29.2 Å². The second kappa shape index (κ2) is 11.4. The first-order chi connectivity index (χ1) is 14.1. The van der Waals surface area contributed by atoms with Crippen molar-refractivity contribution in [2.75, 3.05) is 68.2 Å². The quantitative estimate of drug-likeness (QED) is 0.387. The van der Waals surface area contributed by atoms with Gasteiger partial charge >= 0.3 is 5.97 Å². The summed E-state index contributed by atoms with van der Waals surface area (Å²) in [7, 11) is 8.00. The number of nitrogens with zero attached hydrogens (tertiary/aromatic N) is 3. The fourth-order valence-electron chi connectivity index (χ4n) is 3.31. The van der Waals surface area contributed by atoms with Crippen molar-refractivity contribution in [3.05, 3.63) is 17.7 Å². The van der Waals surface area contributed by atoms with E-state index in [1.165, 1.54) is 7.11 Å². The largest absolute Gasteiger partial charge is 0.493 e. The number of aliphatic imine (C=N–C) groups is 1. The van der Waals surface area contributed by atoms with Crippen LogP contribution in [0.25, 0.3) is 0 Å². The van der Waals surface area contributed by atoms with Crippen LogP contribution in [0.2, 0.25) is 0 Å². The van der Waals surface area contributed by atoms with Gasteiger partial charge in [-0.2, -0.15) is 0 Å². The number of nitrogens with one attached hydrogen (secondary N) is 1. The standard InChI is InChI=1S/C20H32N4O5/c1-21-20(22-7-6-18(25)28-4)24-10-8-23(9-11-24)14-15-12-16(26-2)19(29-5)17(13-15)27-3/h12-13H,6-11,14H2,1-5H3,(H,21,22). The first-order valence-electron chi connectivity index (χ1n) is 9.59. The molecule has 0 aromatic heterocycles. The van der Waals surface area contributed by atoms with Gasteiger partial charge in [-0.05, 0) is 17.7 Å². The van der Waals surface area contributed by atoms with Crippen LogP contribution in [0.5, 0.6) is 17.2 Å². The molecule has 0 amide bonds. The lowest BCUT2D eigenvalue weighted by molar-refractivity contribution is -0.140. The Balaban J connectivity index is 1.91. The first-order valence-corrected chi connectivity index (χ1v) is 9.59. The van der Waals surface area contributed by atoms with Gasteiger partial charge in [0, 0.05) is 46.3 Å². The van der Waals surface area contributed by atoms with E-state index < -0.39 is 0 Å². The molecule has 0 radical (unpaired) electrons. The molecule has 29 heavy (non-hydrogen) atoms. The number of carbonyl (C=O) groups is 1. The molecule has 162 valence electrons. The minimum atomic E-state index is -0.233. The average Bonchev–Trinajstić information content (AvgIpc) is 2.76. The molecule has 1 aliphatic rings. The fraction of sp³-hybridized carbons (Fsp3) is 0.600. The summed E-state index contributed by atoms with van der Waals surface area (Å²) in [5, 5.41) is 3.22. The Morgan fingerprint density at radius 3 is 2.14 bits per heavy atom. The zero-order chi connectivity index (χ0) is 21.2. The highest BCUT2D eigenvalue weighted by Crippen LogP contribution is 2.38. The van der Waals surface area contributed by atoms with Gasteiger partial charge in [-0.3, -0.25) is 14.7 Å². The zero-order valence-corrected chi connectivity index (χ0v) is 18.0. The lowest BCUT2D eigenvalue weighted by Crippen LogP contribution is -2.52. The van der Waals surface area contributed by atoms with E-state index in [0.29, 0.717) is 30.2 Å². The molecule has 1 saturated heterocycles. The fourth-order valence-corrected chi connectivity index (χ4v) is 3.31. The van der Waals surface area contributed by atoms with Crippen molar-refractivity contribution in [2.45, 2.75) is 13.0 Å². The van der Waals surface area contributed by atoms with E-state index in [-0.39, 0.29) is 5.97 Å². The third-order valence-electron chi connectivity index (χ3n) is 4.85. The minimum absolute atomic E-state index is 0.233. The summed E-state index contributed by atoms with van der Waals surface area (Å²) in [4.78, 5) is 20.2. The number of esters is 1. The normalized spacial score (nSPS) is 15.1. The van der Waals surface area contributed by atoms with Crippen LogP contribution in [0.3, 0.4) is 0 Å². The molecule has 2 rings (SSSR count). The van der Waals surface area contributed by atoms with Gasteiger partial charge in [0.05, 0.1) is 34.9 Å². The van der Waals surface area contributed by atoms with Crippen LogP contribution in [-0.4, -0.2) is 89.9 Å². The number of ether oxygens (including phenoxy) is 4. The van der Waals surface area contributed by atoms with Gasteiger partial charge in [0.25, 0.3) is 0 Å². The highest BCUT2D eigenvalue weighted by atomic mass is 16.5. The molecular weight excluding hydrogens is 376 g/mol. The van der Waals surface area contributed by atoms with Gasteiger partial charge in [-0.25, -0.2) is 0 Å². The zero-order valence-electron chi connectivity index (χ0n) is 18.0. The molecule has 1 heterocycles. The maximum absolute atomic E-state index is 11.3. The Morgan fingerprint density at radius 2 is 1.66 bits per heavy atom. The summed E-state index contributed by atoms with van der Waals surface area (Å²) >= 11 is 0.